The summed E-state index contributed by atoms with van der Waals surface area (Å²) in [5.41, 5.74) is 0. The van der Waals surface area contributed by atoms with Crippen molar-refractivity contribution in [3.05, 3.63) is 24.3 Å². The standard InChI is InChI=1S/C19H31N3O4S/c1-6-20-18(22-11-12-27(23,24)19(3,4)14-22)21-13-15(2)26-17-9-7-16(25-5)8-10-17/h7-10,15H,6,11-14H2,1-5H3,(H,20,21). The number of aliphatic imine (C=N–C) groups is 1. The molecule has 1 aliphatic rings. The van der Waals surface area contributed by atoms with Crippen LogP contribution in [0.3, 0.4) is 0 Å². The monoisotopic (exact) mass is 397 g/mol. The van der Waals surface area contributed by atoms with Gasteiger partial charge in [-0.1, -0.05) is 0 Å². The van der Waals surface area contributed by atoms with Gasteiger partial charge in [-0.2, -0.15) is 0 Å². The lowest BCUT2D eigenvalue weighted by Gasteiger charge is -2.39. The van der Waals surface area contributed by atoms with E-state index in [4.69, 9.17) is 9.47 Å². The molecule has 0 aromatic heterocycles. The highest BCUT2D eigenvalue weighted by molar-refractivity contribution is 7.92. The topological polar surface area (TPSA) is 80.2 Å². The van der Waals surface area contributed by atoms with Gasteiger partial charge in [-0.05, 0) is 52.0 Å². The third-order valence-electron chi connectivity index (χ3n) is 4.57. The Hall–Kier alpha value is -1.96. The molecule has 7 nitrogen and oxygen atoms in total. The summed E-state index contributed by atoms with van der Waals surface area (Å²) in [6, 6.07) is 7.43. The maximum atomic E-state index is 12.2. The molecule has 1 saturated heterocycles. The van der Waals surface area contributed by atoms with Gasteiger partial charge in [0.1, 0.15) is 17.6 Å². The van der Waals surface area contributed by atoms with E-state index in [9.17, 15) is 8.42 Å². The van der Waals surface area contributed by atoms with E-state index in [0.717, 1.165) is 24.0 Å². The number of guanidine groups is 1. The highest BCUT2D eigenvalue weighted by atomic mass is 32.2. The van der Waals surface area contributed by atoms with Crippen LogP contribution >= 0.6 is 0 Å². The molecule has 1 fully saturated rings. The van der Waals surface area contributed by atoms with Crippen molar-refractivity contribution >= 4 is 15.8 Å². The molecule has 152 valence electrons. The summed E-state index contributed by atoms with van der Waals surface area (Å²) < 4.78 is 34.7. The lowest BCUT2D eigenvalue weighted by Crippen LogP contribution is -2.57. The average Bonchev–Trinajstić information content (AvgIpc) is 2.61. The minimum Gasteiger partial charge on any atom is -0.497 e. The van der Waals surface area contributed by atoms with Crippen LogP contribution in [-0.4, -0.2) is 69.2 Å². The highest BCUT2D eigenvalue weighted by Gasteiger charge is 2.40. The number of hydrogen-bond donors (Lipinski definition) is 1. The van der Waals surface area contributed by atoms with Gasteiger partial charge in [0.25, 0.3) is 0 Å². The molecular weight excluding hydrogens is 366 g/mol. The molecule has 27 heavy (non-hydrogen) atoms. The van der Waals surface area contributed by atoms with E-state index in [-0.39, 0.29) is 11.9 Å². The number of methoxy groups -OCH3 is 1. The van der Waals surface area contributed by atoms with Crippen molar-refractivity contribution in [1.29, 1.82) is 0 Å². The maximum absolute atomic E-state index is 12.2. The van der Waals surface area contributed by atoms with E-state index in [1.807, 2.05) is 43.0 Å². The number of benzene rings is 1. The van der Waals surface area contributed by atoms with Gasteiger partial charge in [-0.25, -0.2) is 13.4 Å². The molecule has 0 bridgehead atoms. The fraction of sp³-hybridized carbons (Fsp3) is 0.632. The second kappa shape index (κ2) is 8.82. The normalized spacial score (nSPS) is 20.0. The van der Waals surface area contributed by atoms with Gasteiger partial charge < -0.3 is 19.7 Å². The lowest BCUT2D eigenvalue weighted by atomic mass is 10.2. The third kappa shape index (κ3) is 5.51. The number of nitrogens with zero attached hydrogens (tertiary/aromatic N) is 2. The van der Waals surface area contributed by atoms with Crippen molar-refractivity contribution in [1.82, 2.24) is 10.2 Å². The summed E-state index contributed by atoms with van der Waals surface area (Å²) in [7, 11) is -1.45. The number of hydrogen-bond acceptors (Lipinski definition) is 5. The van der Waals surface area contributed by atoms with Crippen LogP contribution in [0.2, 0.25) is 0 Å². The predicted molar refractivity (Wildman–Crippen MR) is 109 cm³/mol. The fourth-order valence-electron chi connectivity index (χ4n) is 2.89. The zero-order valence-corrected chi connectivity index (χ0v) is 17.7. The molecular formula is C19H31N3O4S. The maximum Gasteiger partial charge on any atom is 0.194 e. The van der Waals surface area contributed by atoms with Gasteiger partial charge >= 0.3 is 0 Å². The SMILES string of the molecule is CCNC(=NCC(C)Oc1ccc(OC)cc1)N1CCS(=O)(=O)C(C)(C)C1. The molecule has 1 aromatic carbocycles. The second-order valence-electron chi connectivity index (χ2n) is 7.30. The van der Waals surface area contributed by atoms with Crippen LogP contribution in [0.4, 0.5) is 0 Å². The van der Waals surface area contributed by atoms with Crippen molar-refractivity contribution in [3.63, 3.8) is 0 Å². The summed E-state index contributed by atoms with van der Waals surface area (Å²) in [4.78, 5) is 6.69. The van der Waals surface area contributed by atoms with E-state index in [2.05, 4.69) is 10.3 Å². The Bertz CT molecular complexity index is 745. The first-order valence-corrected chi connectivity index (χ1v) is 10.9. The fourth-order valence-corrected chi connectivity index (χ4v) is 4.26. The van der Waals surface area contributed by atoms with E-state index < -0.39 is 14.6 Å². The van der Waals surface area contributed by atoms with Crippen LogP contribution in [0.1, 0.15) is 27.7 Å². The second-order valence-corrected chi connectivity index (χ2v) is 10.0. The van der Waals surface area contributed by atoms with Crippen LogP contribution in [-0.2, 0) is 9.84 Å². The summed E-state index contributed by atoms with van der Waals surface area (Å²) in [5, 5.41) is 3.26. The molecule has 1 N–H and O–H groups in total. The first-order chi connectivity index (χ1) is 12.7. The number of ether oxygens (including phenoxy) is 2. The van der Waals surface area contributed by atoms with E-state index in [1.54, 1.807) is 21.0 Å². The van der Waals surface area contributed by atoms with Gasteiger partial charge in [-0.3, -0.25) is 0 Å². The number of rotatable bonds is 6. The number of nitrogens with one attached hydrogen (secondary N) is 1. The quantitative estimate of drug-likeness (QED) is 0.584. The van der Waals surface area contributed by atoms with Crippen LogP contribution < -0.4 is 14.8 Å². The van der Waals surface area contributed by atoms with Crippen molar-refractivity contribution in [3.8, 4) is 11.5 Å². The smallest absolute Gasteiger partial charge is 0.194 e. The molecule has 0 aliphatic carbocycles. The lowest BCUT2D eigenvalue weighted by molar-refractivity contribution is 0.229. The molecule has 0 amide bonds. The van der Waals surface area contributed by atoms with Crippen LogP contribution in [0.15, 0.2) is 29.3 Å². The van der Waals surface area contributed by atoms with Crippen LogP contribution in [0, 0.1) is 0 Å². The van der Waals surface area contributed by atoms with E-state index >= 15 is 0 Å². The Labute approximate surface area is 162 Å². The van der Waals surface area contributed by atoms with Gasteiger partial charge in [0, 0.05) is 19.6 Å². The van der Waals surface area contributed by atoms with Crippen LogP contribution in [0.5, 0.6) is 11.5 Å². The third-order valence-corrected chi connectivity index (χ3v) is 7.11. The predicted octanol–water partition coefficient (Wildman–Crippen LogP) is 1.94. The zero-order valence-electron chi connectivity index (χ0n) is 16.9. The Balaban J connectivity index is 2.01. The van der Waals surface area contributed by atoms with Crippen molar-refractivity contribution in [2.24, 2.45) is 4.99 Å². The molecule has 1 aromatic rings. The summed E-state index contributed by atoms with van der Waals surface area (Å²) in [5.74, 6) is 2.41. The largest absolute Gasteiger partial charge is 0.497 e. The Morgan fingerprint density at radius 2 is 1.93 bits per heavy atom. The molecule has 0 spiro atoms. The molecule has 1 unspecified atom stereocenters. The number of sulfone groups is 1. The van der Waals surface area contributed by atoms with E-state index in [1.165, 1.54) is 0 Å². The van der Waals surface area contributed by atoms with Crippen molar-refractivity contribution in [2.75, 3.05) is 39.0 Å². The first-order valence-electron chi connectivity index (χ1n) is 9.25. The van der Waals surface area contributed by atoms with Crippen molar-refractivity contribution < 1.29 is 17.9 Å². The van der Waals surface area contributed by atoms with Gasteiger partial charge in [0.15, 0.2) is 15.8 Å². The molecule has 1 aliphatic heterocycles. The van der Waals surface area contributed by atoms with E-state index in [0.29, 0.717) is 19.6 Å². The average molecular weight is 398 g/mol. The molecule has 0 radical (unpaired) electrons. The zero-order chi connectivity index (χ0) is 20.1. The summed E-state index contributed by atoms with van der Waals surface area (Å²) in [6.07, 6.45) is -0.117. The Morgan fingerprint density at radius 3 is 2.48 bits per heavy atom. The van der Waals surface area contributed by atoms with Gasteiger partial charge in [0.05, 0.1) is 24.2 Å². The molecule has 1 heterocycles. The minimum atomic E-state index is -3.08. The Morgan fingerprint density at radius 1 is 1.30 bits per heavy atom. The minimum absolute atomic E-state index is 0.117. The van der Waals surface area contributed by atoms with Crippen LogP contribution in [0.25, 0.3) is 0 Å². The molecule has 1 atom stereocenters. The Kier molecular flexibility index (Phi) is 6.97. The van der Waals surface area contributed by atoms with Gasteiger partial charge in [-0.15, -0.1) is 0 Å². The summed E-state index contributed by atoms with van der Waals surface area (Å²) >= 11 is 0. The molecule has 8 heteroatoms. The highest BCUT2D eigenvalue weighted by Crippen LogP contribution is 2.24. The molecule has 0 saturated carbocycles. The summed E-state index contributed by atoms with van der Waals surface area (Å²) in [6.45, 7) is 9.57. The van der Waals surface area contributed by atoms with Crippen molar-refractivity contribution in [2.45, 2.75) is 38.5 Å². The first kappa shape index (κ1) is 21.3. The molecule has 2 rings (SSSR count). The van der Waals surface area contributed by atoms with Gasteiger partial charge in [0.2, 0.25) is 0 Å².